The number of hydrogen-bond donors (Lipinski definition) is 0. The molecule has 0 bridgehead atoms. The lowest BCUT2D eigenvalue weighted by Crippen LogP contribution is -2.49. The van der Waals surface area contributed by atoms with Crippen LogP contribution in [0.5, 0.6) is 0 Å². The molecule has 5 nitrogen and oxygen atoms in total. The van der Waals surface area contributed by atoms with Crippen molar-refractivity contribution in [2.24, 2.45) is 0 Å². The minimum absolute atomic E-state index is 0.190. The molecule has 1 saturated heterocycles. The van der Waals surface area contributed by atoms with Crippen LogP contribution in [-0.2, 0) is 13.1 Å². The Morgan fingerprint density at radius 3 is 2.50 bits per heavy atom. The second kappa shape index (κ2) is 9.67. The Bertz CT molecular complexity index is 1190. The van der Waals surface area contributed by atoms with Gasteiger partial charge in [-0.1, -0.05) is 47.5 Å². The fourth-order valence-electron chi connectivity index (χ4n) is 4.00. The molecule has 0 saturated carbocycles. The molecular formula is C25H25ClFN3O2. The van der Waals surface area contributed by atoms with E-state index in [1.165, 1.54) is 12.1 Å². The second-order valence-electron chi connectivity index (χ2n) is 8.15. The maximum absolute atomic E-state index is 13.3. The number of benzene rings is 2. The van der Waals surface area contributed by atoms with Crippen molar-refractivity contribution in [3.05, 3.63) is 104 Å². The van der Waals surface area contributed by atoms with E-state index in [4.69, 9.17) is 11.6 Å². The molecule has 0 atom stereocenters. The van der Waals surface area contributed by atoms with Crippen LogP contribution in [-0.4, -0.2) is 46.5 Å². The molecule has 32 heavy (non-hydrogen) atoms. The fraction of sp³-hybridized carbons (Fsp3) is 0.280. The summed E-state index contributed by atoms with van der Waals surface area (Å²) in [4.78, 5) is 29.9. The summed E-state index contributed by atoms with van der Waals surface area (Å²) in [7, 11) is 0. The van der Waals surface area contributed by atoms with Crippen molar-refractivity contribution < 1.29 is 9.18 Å². The Hall–Kier alpha value is -2.96. The molecule has 166 valence electrons. The molecule has 1 fully saturated rings. The van der Waals surface area contributed by atoms with E-state index >= 15 is 0 Å². The van der Waals surface area contributed by atoms with E-state index in [1.807, 2.05) is 31.2 Å². The normalized spacial score (nSPS) is 14.5. The molecule has 7 heteroatoms. The number of piperazine rings is 1. The van der Waals surface area contributed by atoms with Crippen LogP contribution in [0.25, 0.3) is 0 Å². The Kier molecular flexibility index (Phi) is 6.72. The number of rotatable bonds is 5. The van der Waals surface area contributed by atoms with Gasteiger partial charge in [-0.15, -0.1) is 0 Å². The van der Waals surface area contributed by atoms with Crippen LogP contribution in [0.15, 0.2) is 65.6 Å². The van der Waals surface area contributed by atoms with Crippen molar-refractivity contribution >= 4 is 17.5 Å². The molecule has 0 unspecified atom stereocenters. The van der Waals surface area contributed by atoms with Crippen LogP contribution in [0.1, 0.15) is 27.0 Å². The number of pyridine rings is 1. The summed E-state index contributed by atoms with van der Waals surface area (Å²) in [5.74, 6) is -0.599. The van der Waals surface area contributed by atoms with Crippen LogP contribution < -0.4 is 5.56 Å². The van der Waals surface area contributed by atoms with E-state index in [2.05, 4.69) is 4.90 Å². The average Bonchev–Trinajstić information content (AvgIpc) is 2.77. The molecule has 2 aromatic carbocycles. The number of halogens is 2. The van der Waals surface area contributed by atoms with Gasteiger partial charge in [0.05, 0.1) is 6.54 Å². The Labute approximate surface area is 191 Å². The Morgan fingerprint density at radius 1 is 1.00 bits per heavy atom. The van der Waals surface area contributed by atoms with Crippen LogP contribution in [0.2, 0.25) is 5.02 Å². The minimum Gasteiger partial charge on any atom is -0.336 e. The Balaban J connectivity index is 1.41. The summed E-state index contributed by atoms with van der Waals surface area (Å²) in [6.45, 7) is 5.38. The molecule has 0 N–H and O–H groups in total. The van der Waals surface area contributed by atoms with Gasteiger partial charge >= 0.3 is 0 Å². The second-order valence-corrected chi connectivity index (χ2v) is 8.56. The van der Waals surface area contributed by atoms with Gasteiger partial charge in [0.1, 0.15) is 11.4 Å². The predicted molar refractivity (Wildman–Crippen MR) is 124 cm³/mol. The van der Waals surface area contributed by atoms with Gasteiger partial charge in [0.15, 0.2) is 0 Å². The van der Waals surface area contributed by atoms with E-state index in [0.717, 1.165) is 16.7 Å². The summed E-state index contributed by atoms with van der Waals surface area (Å²) in [5.41, 5.74) is 2.91. The lowest BCUT2D eigenvalue weighted by atomic mass is 10.1. The monoisotopic (exact) mass is 453 g/mol. The highest BCUT2D eigenvalue weighted by molar-refractivity contribution is 6.31. The number of aromatic nitrogens is 1. The third-order valence-corrected chi connectivity index (χ3v) is 6.11. The van der Waals surface area contributed by atoms with Crippen molar-refractivity contribution in [3.63, 3.8) is 0 Å². The van der Waals surface area contributed by atoms with Crippen LogP contribution in [0.3, 0.4) is 0 Å². The largest absolute Gasteiger partial charge is 0.336 e. The van der Waals surface area contributed by atoms with E-state index in [-0.39, 0.29) is 22.8 Å². The number of aryl methyl sites for hydroxylation is 1. The van der Waals surface area contributed by atoms with Crippen LogP contribution in [0.4, 0.5) is 4.39 Å². The molecule has 1 aliphatic heterocycles. The lowest BCUT2D eigenvalue weighted by molar-refractivity contribution is 0.0626. The van der Waals surface area contributed by atoms with Gasteiger partial charge < -0.3 is 9.47 Å². The third kappa shape index (κ3) is 5.09. The molecule has 2 heterocycles. The Morgan fingerprint density at radius 2 is 1.78 bits per heavy atom. The number of hydrogen-bond acceptors (Lipinski definition) is 3. The summed E-state index contributed by atoms with van der Waals surface area (Å²) in [6.07, 6.45) is 1.71. The van der Waals surface area contributed by atoms with Crippen molar-refractivity contribution in [1.29, 1.82) is 0 Å². The first-order valence-electron chi connectivity index (χ1n) is 10.6. The zero-order valence-corrected chi connectivity index (χ0v) is 18.7. The topological polar surface area (TPSA) is 45.6 Å². The van der Waals surface area contributed by atoms with Gasteiger partial charge in [0, 0.05) is 43.9 Å². The van der Waals surface area contributed by atoms with Gasteiger partial charge in [0.2, 0.25) is 0 Å². The van der Waals surface area contributed by atoms with Gasteiger partial charge in [-0.2, -0.15) is 0 Å². The predicted octanol–water partition coefficient (Wildman–Crippen LogP) is 3.96. The summed E-state index contributed by atoms with van der Waals surface area (Å²) >= 11 is 6.14. The van der Waals surface area contributed by atoms with Crippen molar-refractivity contribution in [1.82, 2.24) is 14.4 Å². The molecule has 0 aliphatic carbocycles. The first-order chi connectivity index (χ1) is 15.4. The molecule has 1 amide bonds. The summed E-state index contributed by atoms with van der Waals surface area (Å²) in [5, 5.41) is 0.405. The van der Waals surface area contributed by atoms with Gasteiger partial charge in [-0.05, 0) is 42.3 Å². The number of amides is 1. The van der Waals surface area contributed by atoms with E-state index in [0.29, 0.717) is 44.3 Å². The molecule has 0 spiro atoms. The summed E-state index contributed by atoms with van der Waals surface area (Å²) < 4.78 is 14.8. The SMILES string of the molecule is Cc1cccc(Cn2cccc(C(=O)N3CCN(Cc4ccc(F)cc4Cl)CC3)c2=O)c1. The lowest BCUT2D eigenvalue weighted by Gasteiger charge is -2.34. The zero-order chi connectivity index (χ0) is 22.7. The van der Waals surface area contributed by atoms with Crippen LogP contribution >= 0.6 is 11.6 Å². The highest BCUT2D eigenvalue weighted by atomic mass is 35.5. The quantitative estimate of drug-likeness (QED) is 0.587. The smallest absolute Gasteiger partial charge is 0.263 e. The third-order valence-electron chi connectivity index (χ3n) is 5.75. The van der Waals surface area contributed by atoms with E-state index < -0.39 is 0 Å². The van der Waals surface area contributed by atoms with Crippen molar-refractivity contribution in [2.45, 2.75) is 20.0 Å². The number of carbonyl (C=O) groups is 1. The fourth-order valence-corrected chi connectivity index (χ4v) is 4.23. The maximum atomic E-state index is 13.3. The molecular weight excluding hydrogens is 429 g/mol. The molecule has 3 aromatic rings. The maximum Gasteiger partial charge on any atom is 0.263 e. The first-order valence-corrected chi connectivity index (χ1v) is 11.0. The zero-order valence-electron chi connectivity index (χ0n) is 17.9. The first kappa shape index (κ1) is 22.2. The van der Waals surface area contributed by atoms with Gasteiger partial charge in [-0.3, -0.25) is 14.5 Å². The standard InChI is InChI=1S/C25H25ClFN3O2/c1-18-4-2-5-19(14-18)16-30-9-3-6-22(25(30)32)24(31)29-12-10-28(11-13-29)17-20-7-8-21(27)15-23(20)26/h2-9,14-15H,10-13,16-17H2,1H3. The van der Waals surface area contributed by atoms with Crippen LogP contribution in [0, 0.1) is 12.7 Å². The highest BCUT2D eigenvalue weighted by Gasteiger charge is 2.24. The van der Waals surface area contributed by atoms with Crippen molar-refractivity contribution in [2.75, 3.05) is 26.2 Å². The summed E-state index contributed by atoms with van der Waals surface area (Å²) in [6, 6.07) is 15.7. The minimum atomic E-state index is -0.356. The molecule has 4 rings (SSSR count). The van der Waals surface area contributed by atoms with Crippen molar-refractivity contribution in [3.8, 4) is 0 Å². The highest BCUT2D eigenvalue weighted by Crippen LogP contribution is 2.20. The molecule has 0 radical (unpaired) electrons. The van der Waals surface area contributed by atoms with E-state index in [1.54, 1.807) is 33.9 Å². The average molecular weight is 454 g/mol. The van der Waals surface area contributed by atoms with E-state index in [9.17, 15) is 14.0 Å². The van der Waals surface area contributed by atoms with Gasteiger partial charge in [-0.25, -0.2) is 4.39 Å². The molecule has 1 aliphatic rings. The molecule has 1 aromatic heterocycles. The number of nitrogens with zero attached hydrogens (tertiary/aromatic N) is 3. The number of carbonyl (C=O) groups excluding carboxylic acids is 1. The van der Waals surface area contributed by atoms with Gasteiger partial charge in [0.25, 0.3) is 11.5 Å².